The van der Waals surface area contributed by atoms with Gasteiger partial charge in [0.15, 0.2) is 6.73 Å². The molecular formula is C7H13N2O+. The number of aromatic nitrogens is 2. The van der Waals surface area contributed by atoms with Crippen LogP contribution in [-0.4, -0.2) is 11.6 Å². The molecule has 0 radical (unpaired) electrons. The van der Waals surface area contributed by atoms with Gasteiger partial charge < -0.3 is 4.74 Å². The van der Waals surface area contributed by atoms with E-state index in [1.807, 2.05) is 30.8 Å². The average Bonchev–Trinajstić information content (AvgIpc) is 2.31. The van der Waals surface area contributed by atoms with Crippen molar-refractivity contribution in [1.82, 2.24) is 4.98 Å². The summed E-state index contributed by atoms with van der Waals surface area (Å²) in [5.74, 6) is 1.12. The molecule has 1 aromatic rings. The predicted octanol–water partition coefficient (Wildman–Crippen LogP) is 0.605. The molecule has 0 amide bonds. The summed E-state index contributed by atoms with van der Waals surface area (Å²) >= 11 is 0. The smallest absolute Gasteiger partial charge is 0.252 e. The van der Waals surface area contributed by atoms with Crippen LogP contribution in [0.5, 0.6) is 0 Å². The van der Waals surface area contributed by atoms with Crippen LogP contribution in [0.25, 0.3) is 0 Å². The van der Waals surface area contributed by atoms with E-state index in [0.717, 1.165) is 12.4 Å². The third-order valence-electron chi connectivity index (χ3n) is 1.41. The van der Waals surface area contributed by atoms with Crippen molar-refractivity contribution in [2.75, 3.05) is 6.61 Å². The first kappa shape index (κ1) is 7.28. The van der Waals surface area contributed by atoms with Crippen molar-refractivity contribution in [1.29, 1.82) is 0 Å². The number of rotatable bonds is 3. The van der Waals surface area contributed by atoms with E-state index in [4.69, 9.17) is 4.74 Å². The summed E-state index contributed by atoms with van der Waals surface area (Å²) in [4.78, 5) is 3.06. The molecule has 0 spiro atoms. The van der Waals surface area contributed by atoms with Gasteiger partial charge in [0.05, 0.1) is 0 Å². The van der Waals surface area contributed by atoms with E-state index in [0.29, 0.717) is 6.73 Å². The molecule has 0 saturated heterocycles. The highest BCUT2D eigenvalue weighted by molar-refractivity contribution is 4.69. The van der Waals surface area contributed by atoms with Gasteiger partial charge in [-0.15, -0.1) is 0 Å². The van der Waals surface area contributed by atoms with Gasteiger partial charge in [-0.05, 0) is 6.92 Å². The maximum atomic E-state index is 5.20. The molecule has 0 bridgehead atoms. The molecule has 0 unspecified atom stereocenters. The summed E-state index contributed by atoms with van der Waals surface area (Å²) in [5.41, 5.74) is 0. The Labute approximate surface area is 60.6 Å². The van der Waals surface area contributed by atoms with Gasteiger partial charge in [-0.1, -0.05) is 0 Å². The molecule has 0 aliphatic carbocycles. The van der Waals surface area contributed by atoms with Gasteiger partial charge in [-0.3, -0.25) is 0 Å². The Balaban J connectivity index is 2.49. The zero-order chi connectivity index (χ0) is 7.40. The first-order chi connectivity index (χ1) is 4.84. The zero-order valence-electron chi connectivity index (χ0n) is 6.42. The van der Waals surface area contributed by atoms with Crippen LogP contribution in [0.2, 0.25) is 0 Å². The molecule has 1 N–H and O–H groups in total. The van der Waals surface area contributed by atoms with Crippen molar-refractivity contribution in [3.8, 4) is 0 Å². The minimum absolute atomic E-state index is 0.645. The summed E-state index contributed by atoms with van der Waals surface area (Å²) in [6, 6.07) is 0. The van der Waals surface area contributed by atoms with E-state index in [-0.39, 0.29) is 0 Å². The summed E-state index contributed by atoms with van der Waals surface area (Å²) in [6.07, 6.45) is 3.86. The molecule has 3 heteroatoms. The Bertz CT molecular complexity index is 195. The second-order valence-corrected chi connectivity index (χ2v) is 2.14. The van der Waals surface area contributed by atoms with Gasteiger partial charge in [-0.2, -0.15) is 0 Å². The van der Waals surface area contributed by atoms with Gasteiger partial charge in [0.2, 0.25) is 0 Å². The summed E-state index contributed by atoms with van der Waals surface area (Å²) in [7, 11) is 0. The summed E-state index contributed by atoms with van der Waals surface area (Å²) in [5, 5.41) is 0. The standard InChI is InChI=1S/C7H12N2O/c1-3-10-6-9-5-4-8-7(9)2/h4-5H,3,6H2,1-2H3/p+1. The molecule has 0 aliphatic rings. The Kier molecular flexibility index (Phi) is 2.45. The number of imidazole rings is 1. The number of aryl methyl sites for hydroxylation is 1. The van der Waals surface area contributed by atoms with Crippen LogP contribution in [0.1, 0.15) is 12.7 Å². The van der Waals surface area contributed by atoms with Crippen LogP contribution < -0.4 is 4.57 Å². The number of nitrogens with zero attached hydrogens (tertiary/aromatic N) is 1. The highest BCUT2D eigenvalue weighted by Crippen LogP contribution is 1.81. The lowest BCUT2D eigenvalue weighted by Gasteiger charge is -1.96. The van der Waals surface area contributed by atoms with Crippen LogP contribution in [-0.2, 0) is 11.5 Å². The number of aromatic amines is 1. The largest absolute Gasteiger partial charge is 0.342 e. The lowest BCUT2D eigenvalue weighted by Crippen LogP contribution is -2.35. The summed E-state index contributed by atoms with van der Waals surface area (Å²) in [6.45, 7) is 5.41. The molecule has 10 heavy (non-hydrogen) atoms. The third-order valence-corrected chi connectivity index (χ3v) is 1.41. The van der Waals surface area contributed by atoms with E-state index in [1.165, 1.54) is 0 Å². The predicted molar refractivity (Wildman–Crippen MR) is 37.4 cm³/mol. The summed E-state index contributed by atoms with van der Waals surface area (Å²) < 4.78 is 7.22. The number of ether oxygens (including phenoxy) is 1. The van der Waals surface area contributed by atoms with Crippen molar-refractivity contribution < 1.29 is 9.30 Å². The van der Waals surface area contributed by atoms with Crippen LogP contribution in [0, 0.1) is 6.92 Å². The van der Waals surface area contributed by atoms with Crippen LogP contribution in [0.3, 0.4) is 0 Å². The topological polar surface area (TPSA) is 28.9 Å². The Morgan fingerprint density at radius 2 is 2.50 bits per heavy atom. The fourth-order valence-electron chi connectivity index (χ4n) is 0.772. The molecule has 1 heterocycles. The first-order valence-corrected chi connectivity index (χ1v) is 3.45. The number of H-pyrrole nitrogens is 1. The fraction of sp³-hybridized carbons (Fsp3) is 0.571. The molecule has 1 rings (SSSR count). The highest BCUT2D eigenvalue weighted by atomic mass is 16.5. The normalized spacial score (nSPS) is 10.2. The maximum absolute atomic E-state index is 5.20. The molecule has 0 atom stereocenters. The van der Waals surface area contributed by atoms with Crippen LogP contribution >= 0.6 is 0 Å². The second kappa shape index (κ2) is 3.37. The van der Waals surface area contributed by atoms with Gasteiger partial charge in [0.25, 0.3) is 5.82 Å². The number of nitrogens with one attached hydrogen (secondary N) is 1. The molecule has 0 fully saturated rings. The van der Waals surface area contributed by atoms with Crippen molar-refractivity contribution in [3.05, 3.63) is 18.2 Å². The van der Waals surface area contributed by atoms with E-state index in [1.54, 1.807) is 0 Å². The Morgan fingerprint density at radius 1 is 1.70 bits per heavy atom. The van der Waals surface area contributed by atoms with Crippen LogP contribution in [0.15, 0.2) is 12.4 Å². The van der Waals surface area contributed by atoms with Gasteiger partial charge in [0.1, 0.15) is 12.4 Å². The lowest BCUT2D eigenvalue weighted by molar-refractivity contribution is -0.736. The monoisotopic (exact) mass is 141 g/mol. The number of hydrogen-bond acceptors (Lipinski definition) is 1. The first-order valence-electron chi connectivity index (χ1n) is 3.45. The van der Waals surface area contributed by atoms with Crippen molar-refractivity contribution >= 4 is 0 Å². The Morgan fingerprint density at radius 3 is 3.00 bits per heavy atom. The minimum atomic E-state index is 0.645. The van der Waals surface area contributed by atoms with E-state index in [9.17, 15) is 0 Å². The molecule has 0 aliphatic heterocycles. The van der Waals surface area contributed by atoms with Crippen molar-refractivity contribution in [2.24, 2.45) is 0 Å². The lowest BCUT2D eigenvalue weighted by atomic mass is 10.7. The quantitative estimate of drug-likeness (QED) is 0.614. The third kappa shape index (κ3) is 1.57. The molecule has 3 nitrogen and oxygen atoms in total. The molecule has 0 aromatic carbocycles. The van der Waals surface area contributed by atoms with Crippen molar-refractivity contribution in [3.63, 3.8) is 0 Å². The molecular weight excluding hydrogens is 128 g/mol. The molecule has 56 valence electrons. The SMILES string of the molecule is CCOC[n+]1cc[nH]c1C. The van der Waals surface area contributed by atoms with E-state index < -0.39 is 0 Å². The Hall–Kier alpha value is -0.830. The van der Waals surface area contributed by atoms with Gasteiger partial charge in [0, 0.05) is 13.5 Å². The van der Waals surface area contributed by atoms with E-state index >= 15 is 0 Å². The second-order valence-electron chi connectivity index (χ2n) is 2.14. The van der Waals surface area contributed by atoms with Gasteiger partial charge >= 0.3 is 0 Å². The van der Waals surface area contributed by atoms with Crippen molar-refractivity contribution in [2.45, 2.75) is 20.6 Å². The molecule has 0 saturated carbocycles. The molecule has 1 aromatic heterocycles. The minimum Gasteiger partial charge on any atom is -0.342 e. The number of hydrogen-bond donors (Lipinski definition) is 1. The highest BCUT2D eigenvalue weighted by Gasteiger charge is 2.01. The fourth-order valence-corrected chi connectivity index (χ4v) is 0.772. The van der Waals surface area contributed by atoms with Crippen LogP contribution in [0.4, 0.5) is 0 Å². The maximum Gasteiger partial charge on any atom is 0.252 e. The van der Waals surface area contributed by atoms with Gasteiger partial charge in [-0.25, -0.2) is 9.55 Å². The average molecular weight is 141 g/mol. The zero-order valence-corrected chi connectivity index (χ0v) is 6.42. The van der Waals surface area contributed by atoms with E-state index in [2.05, 4.69) is 4.98 Å².